The molecule has 2 N–H and O–H groups in total. The summed E-state index contributed by atoms with van der Waals surface area (Å²) in [4.78, 5) is 19.0. The molecule has 144 valence electrons. The Kier molecular flexibility index (Phi) is 9.27. The van der Waals surface area contributed by atoms with Crippen molar-refractivity contribution >= 4 is 23.6 Å². The van der Waals surface area contributed by atoms with Gasteiger partial charge < -0.3 is 15.5 Å². The summed E-state index contributed by atoms with van der Waals surface area (Å²) in [7, 11) is 3.48. The molecule has 0 spiro atoms. The third-order valence-corrected chi connectivity index (χ3v) is 4.84. The maximum atomic E-state index is 11.8. The summed E-state index contributed by atoms with van der Waals surface area (Å²) in [5.74, 6) is 1.58. The Morgan fingerprint density at radius 1 is 0.963 bits per heavy atom. The molecule has 27 heavy (non-hydrogen) atoms. The van der Waals surface area contributed by atoms with Gasteiger partial charge in [-0.15, -0.1) is 11.8 Å². The van der Waals surface area contributed by atoms with Crippen LogP contribution >= 0.6 is 11.8 Å². The highest BCUT2D eigenvalue weighted by molar-refractivity contribution is 7.99. The molecule has 2 rings (SSSR count). The zero-order valence-electron chi connectivity index (χ0n) is 16.0. The van der Waals surface area contributed by atoms with E-state index in [1.54, 1.807) is 30.8 Å². The first-order chi connectivity index (χ1) is 13.1. The van der Waals surface area contributed by atoms with E-state index in [2.05, 4.69) is 39.9 Å². The van der Waals surface area contributed by atoms with Crippen molar-refractivity contribution in [1.82, 2.24) is 15.5 Å². The first-order valence-corrected chi connectivity index (χ1v) is 10.1. The van der Waals surface area contributed by atoms with Crippen molar-refractivity contribution in [1.29, 1.82) is 0 Å². The second kappa shape index (κ2) is 12.0. The molecule has 0 aromatic heterocycles. The maximum absolute atomic E-state index is 11.8. The van der Waals surface area contributed by atoms with Crippen LogP contribution in [0, 0.1) is 0 Å². The highest BCUT2D eigenvalue weighted by atomic mass is 32.2. The van der Waals surface area contributed by atoms with Crippen molar-refractivity contribution in [2.24, 2.45) is 4.99 Å². The number of aliphatic imine (C=N–C) groups is 1. The molecule has 0 heterocycles. The minimum Gasteiger partial charge on any atom is -0.356 e. The van der Waals surface area contributed by atoms with E-state index in [9.17, 15) is 4.79 Å². The monoisotopic (exact) mass is 384 g/mol. The Hall–Kier alpha value is -2.47. The fourth-order valence-corrected chi connectivity index (χ4v) is 3.08. The molecule has 2 aromatic carbocycles. The molecule has 0 saturated carbocycles. The zero-order valence-corrected chi connectivity index (χ0v) is 16.8. The van der Waals surface area contributed by atoms with Gasteiger partial charge in [0.15, 0.2) is 5.96 Å². The largest absolute Gasteiger partial charge is 0.356 e. The number of carbonyl (C=O) groups is 1. The number of carbonyl (C=O) groups excluding carboxylic acids is 1. The second-order valence-electron chi connectivity index (χ2n) is 6.20. The molecule has 5 nitrogen and oxygen atoms in total. The number of nitrogens with one attached hydrogen (secondary N) is 2. The van der Waals surface area contributed by atoms with E-state index in [1.165, 1.54) is 10.5 Å². The number of rotatable bonds is 9. The van der Waals surface area contributed by atoms with Crippen LogP contribution in [0.5, 0.6) is 0 Å². The Balaban J connectivity index is 1.80. The van der Waals surface area contributed by atoms with Crippen LogP contribution < -0.4 is 10.6 Å². The number of hydrogen-bond acceptors (Lipinski definition) is 3. The highest BCUT2D eigenvalue weighted by Crippen LogP contribution is 2.15. The molecular formula is C21H28N4OS. The molecule has 1 amide bonds. The van der Waals surface area contributed by atoms with Crippen LogP contribution in [0.15, 0.2) is 70.6 Å². The molecule has 0 bridgehead atoms. The first kappa shape index (κ1) is 20.8. The van der Waals surface area contributed by atoms with Crippen molar-refractivity contribution < 1.29 is 4.79 Å². The third-order valence-electron chi connectivity index (χ3n) is 3.83. The maximum Gasteiger partial charge on any atom is 0.243 e. The molecule has 0 aliphatic rings. The van der Waals surface area contributed by atoms with Gasteiger partial charge in [0.05, 0.1) is 0 Å². The fraction of sp³-hybridized carbons (Fsp3) is 0.333. The smallest absolute Gasteiger partial charge is 0.243 e. The Morgan fingerprint density at radius 2 is 1.59 bits per heavy atom. The summed E-state index contributed by atoms with van der Waals surface area (Å²) < 4.78 is 0. The summed E-state index contributed by atoms with van der Waals surface area (Å²) in [5.41, 5.74) is 1.27. The van der Waals surface area contributed by atoms with Crippen LogP contribution in [0.25, 0.3) is 0 Å². The molecule has 0 radical (unpaired) electrons. The van der Waals surface area contributed by atoms with Gasteiger partial charge in [-0.1, -0.05) is 48.5 Å². The number of nitrogens with zero attached hydrogens (tertiary/aromatic N) is 2. The number of hydrogen-bond donors (Lipinski definition) is 2. The summed E-state index contributed by atoms with van der Waals surface area (Å²) in [5, 5.41) is 6.64. The van der Waals surface area contributed by atoms with Crippen LogP contribution in [0.3, 0.4) is 0 Å². The van der Waals surface area contributed by atoms with E-state index in [1.807, 2.05) is 36.4 Å². The van der Waals surface area contributed by atoms with Crippen molar-refractivity contribution in [3.8, 4) is 0 Å². The lowest BCUT2D eigenvalue weighted by Crippen LogP contribution is -2.40. The highest BCUT2D eigenvalue weighted by Gasteiger charge is 2.04. The van der Waals surface area contributed by atoms with E-state index in [0.717, 1.165) is 25.3 Å². The summed E-state index contributed by atoms with van der Waals surface area (Å²) in [6, 6.07) is 20.6. The molecule has 6 heteroatoms. The van der Waals surface area contributed by atoms with Crippen LogP contribution in [0.2, 0.25) is 0 Å². The van der Waals surface area contributed by atoms with Crippen LogP contribution in [-0.4, -0.2) is 56.2 Å². The van der Waals surface area contributed by atoms with E-state index < -0.39 is 0 Å². The van der Waals surface area contributed by atoms with Gasteiger partial charge in [-0.25, -0.2) is 4.99 Å². The quantitative estimate of drug-likeness (QED) is 0.302. The van der Waals surface area contributed by atoms with Crippen molar-refractivity contribution in [2.75, 3.05) is 39.5 Å². The second-order valence-corrected chi connectivity index (χ2v) is 7.37. The van der Waals surface area contributed by atoms with Gasteiger partial charge in [0.2, 0.25) is 5.91 Å². The fourth-order valence-electron chi connectivity index (χ4n) is 2.29. The van der Waals surface area contributed by atoms with Gasteiger partial charge in [-0.2, -0.15) is 0 Å². The van der Waals surface area contributed by atoms with Crippen molar-refractivity contribution in [2.45, 2.75) is 11.3 Å². The van der Waals surface area contributed by atoms with Crippen molar-refractivity contribution in [3.05, 3.63) is 66.2 Å². The zero-order chi connectivity index (χ0) is 19.3. The molecule has 0 saturated heterocycles. The molecular weight excluding hydrogens is 356 g/mol. The number of guanidine groups is 1. The molecule has 0 aliphatic carbocycles. The molecule has 0 fully saturated rings. The van der Waals surface area contributed by atoms with Gasteiger partial charge in [-0.05, 0) is 24.1 Å². The van der Waals surface area contributed by atoms with E-state index >= 15 is 0 Å². The minimum atomic E-state index is -0.0159. The Bertz CT molecular complexity index is 705. The van der Waals surface area contributed by atoms with Gasteiger partial charge in [0, 0.05) is 37.8 Å². The van der Waals surface area contributed by atoms with Gasteiger partial charge in [0.25, 0.3) is 0 Å². The topological polar surface area (TPSA) is 56.7 Å². The summed E-state index contributed by atoms with van der Waals surface area (Å²) in [6.07, 6.45) is 0.905. The normalized spacial score (nSPS) is 11.1. The van der Waals surface area contributed by atoms with Crippen molar-refractivity contribution in [3.63, 3.8) is 0 Å². The molecule has 0 unspecified atom stereocenters. The lowest BCUT2D eigenvalue weighted by molar-refractivity contribution is -0.127. The van der Waals surface area contributed by atoms with E-state index in [-0.39, 0.29) is 12.5 Å². The van der Waals surface area contributed by atoms with E-state index in [4.69, 9.17) is 0 Å². The predicted octanol–water partition coefficient (Wildman–Crippen LogP) is 2.64. The van der Waals surface area contributed by atoms with Crippen LogP contribution in [0.1, 0.15) is 5.56 Å². The van der Waals surface area contributed by atoms with E-state index in [0.29, 0.717) is 5.96 Å². The van der Waals surface area contributed by atoms with Crippen LogP contribution in [0.4, 0.5) is 0 Å². The van der Waals surface area contributed by atoms with Gasteiger partial charge in [-0.3, -0.25) is 4.79 Å². The Morgan fingerprint density at radius 3 is 2.26 bits per heavy atom. The van der Waals surface area contributed by atoms with Gasteiger partial charge >= 0.3 is 0 Å². The Labute approximate surface area is 166 Å². The predicted molar refractivity (Wildman–Crippen MR) is 114 cm³/mol. The third kappa shape index (κ3) is 8.64. The average molecular weight is 385 g/mol. The average Bonchev–Trinajstić information content (AvgIpc) is 2.70. The lowest BCUT2D eigenvalue weighted by Gasteiger charge is -2.14. The lowest BCUT2D eigenvalue weighted by atomic mass is 10.1. The number of benzene rings is 2. The number of thioether (sulfide) groups is 1. The first-order valence-electron chi connectivity index (χ1n) is 9.09. The SMILES string of the molecule is CN(C)C(=O)CN=C(NCCSc1ccccc1)NCCc1ccccc1. The standard InChI is InChI=1S/C21H28N4OS/c1-25(2)20(26)17-24-21(22-14-13-18-9-5-3-6-10-18)23-15-16-27-19-11-7-4-8-12-19/h3-12H,13-17H2,1-2H3,(H2,22,23,24). The summed E-state index contributed by atoms with van der Waals surface area (Å²) in [6.45, 7) is 1.67. The number of amides is 1. The molecule has 0 atom stereocenters. The van der Waals surface area contributed by atoms with Crippen LogP contribution in [-0.2, 0) is 11.2 Å². The summed E-state index contributed by atoms with van der Waals surface area (Å²) >= 11 is 1.79. The number of likely N-dealkylation sites (N-methyl/N-ethyl adjacent to an activating group) is 1. The molecule has 0 aliphatic heterocycles. The van der Waals surface area contributed by atoms with Gasteiger partial charge in [0.1, 0.15) is 6.54 Å². The minimum absolute atomic E-state index is 0.0159. The molecule has 2 aromatic rings.